The van der Waals surface area contributed by atoms with Crippen LogP contribution in [0, 0.1) is 0 Å². The molecule has 1 N–H and O–H groups in total. The Morgan fingerprint density at radius 2 is 2.09 bits per heavy atom. The number of aryl methyl sites for hydroxylation is 2. The maximum absolute atomic E-state index is 11.9. The van der Waals surface area contributed by atoms with Crippen LogP contribution in [0.5, 0.6) is 5.75 Å². The van der Waals surface area contributed by atoms with Crippen molar-refractivity contribution in [3.63, 3.8) is 0 Å². The number of benzene rings is 1. The molecule has 1 aromatic heterocycles. The number of fused-ring (bicyclic) bond motifs is 1. The zero-order chi connectivity index (χ0) is 15.5. The third-order valence-corrected chi connectivity index (χ3v) is 4.95. The normalized spacial score (nSPS) is 13.0. The second-order valence-corrected chi connectivity index (χ2v) is 6.93. The lowest BCUT2D eigenvalue weighted by molar-refractivity contribution is -0.118. The van der Waals surface area contributed by atoms with Crippen LogP contribution < -0.4 is 10.1 Å². The van der Waals surface area contributed by atoms with Gasteiger partial charge in [0.2, 0.25) is 0 Å². The predicted molar refractivity (Wildman–Crippen MR) is 96.6 cm³/mol. The molecular formula is C15H15Cl3N2O2S. The Morgan fingerprint density at radius 1 is 1.30 bits per heavy atom. The molecule has 0 unspecified atom stereocenters. The first kappa shape index (κ1) is 18.3. The minimum absolute atomic E-state index is 0. The van der Waals surface area contributed by atoms with E-state index in [9.17, 15) is 4.79 Å². The minimum Gasteiger partial charge on any atom is -0.482 e. The topological polar surface area (TPSA) is 51.2 Å². The van der Waals surface area contributed by atoms with Gasteiger partial charge >= 0.3 is 0 Å². The van der Waals surface area contributed by atoms with E-state index in [2.05, 4.69) is 10.3 Å². The molecule has 2 aromatic rings. The maximum Gasteiger partial charge on any atom is 0.264 e. The summed E-state index contributed by atoms with van der Waals surface area (Å²) < 4.78 is 5.40. The summed E-state index contributed by atoms with van der Waals surface area (Å²) >= 11 is 13.3. The highest BCUT2D eigenvalue weighted by Gasteiger charge is 2.16. The lowest BCUT2D eigenvalue weighted by Gasteiger charge is -2.07. The number of rotatable bonds is 4. The molecule has 0 atom stereocenters. The molecule has 1 aliphatic carbocycles. The highest BCUT2D eigenvalue weighted by atomic mass is 35.5. The number of ether oxygens (including phenoxy) is 1. The van der Waals surface area contributed by atoms with Gasteiger partial charge in [0.05, 0.1) is 10.7 Å². The third kappa shape index (κ3) is 4.73. The molecule has 1 amide bonds. The van der Waals surface area contributed by atoms with Crippen LogP contribution in [0.3, 0.4) is 0 Å². The number of hydrogen-bond acceptors (Lipinski definition) is 4. The minimum atomic E-state index is -0.253. The average Bonchev–Trinajstić information content (AvgIpc) is 2.88. The van der Waals surface area contributed by atoms with Gasteiger partial charge in [-0.2, -0.15) is 0 Å². The number of amides is 1. The van der Waals surface area contributed by atoms with Gasteiger partial charge in [-0.1, -0.05) is 23.2 Å². The Kier molecular flexibility index (Phi) is 6.53. The molecule has 23 heavy (non-hydrogen) atoms. The fourth-order valence-corrected chi connectivity index (χ4v) is 3.83. The zero-order valence-electron chi connectivity index (χ0n) is 12.1. The largest absolute Gasteiger partial charge is 0.482 e. The van der Waals surface area contributed by atoms with E-state index in [0.29, 0.717) is 20.9 Å². The Balaban J connectivity index is 0.00000192. The standard InChI is InChI=1S/C15H14Cl2N2O2S.ClH/c16-9-5-6-12(10(17)7-9)21-8-14(20)19-15-18-11-3-1-2-4-13(11)22-15;/h5-7H,1-4,8H2,(H,18,19,20);1H. The van der Waals surface area contributed by atoms with Gasteiger partial charge in [-0.15, -0.1) is 23.7 Å². The quantitative estimate of drug-likeness (QED) is 0.814. The first-order valence-corrected chi connectivity index (χ1v) is 8.55. The molecule has 4 nitrogen and oxygen atoms in total. The second-order valence-electron chi connectivity index (χ2n) is 5.01. The maximum atomic E-state index is 11.9. The SMILES string of the molecule is Cl.O=C(COc1ccc(Cl)cc1Cl)Nc1nc2c(s1)CCCC2. The van der Waals surface area contributed by atoms with E-state index in [1.807, 2.05) is 0 Å². The summed E-state index contributed by atoms with van der Waals surface area (Å²) in [5.74, 6) is 0.178. The fraction of sp³-hybridized carbons (Fsp3) is 0.333. The summed E-state index contributed by atoms with van der Waals surface area (Å²) in [6, 6.07) is 4.88. The summed E-state index contributed by atoms with van der Waals surface area (Å²) in [5.41, 5.74) is 1.12. The number of nitrogens with zero attached hydrogens (tertiary/aromatic N) is 1. The lowest BCUT2D eigenvalue weighted by Crippen LogP contribution is -2.20. The number of halogens is 3. The number of thiazole rings is 1. The smallest absolute Gasteiger partial charge is 0.264 e. The van der Waals surface area contributed by atoms with Crippen molar-refractivity contribution in [1.29, 1.82) is 0 Å². The van der Waals surface area contributed by atoms with E-state index in [0.717, 1.165) is 18.5 Å². The van der Waals surface area contributed by atoms with Gasteiger partial charge in [-0.3, -0.25) is 10.1 Å². The predicted octanol–water partition coefficient (Wildman–Crippen LogP) is 4.77. The van der Waals surface area contributed by atoms with Gasteiger partial charge in [0.1, 0.15) is 5.75 Å². The van der Waals surface area contributed by atoms with Crippen molar-refractivity contribution in [3.8, 4) is 5.75 Å². The molecular weight excluding hydrogens is 379 g/mol. The first-order valence-electron chi connectivity index (χ1n) is 6.98. The molecule has 3 rings (SSSR count). The number of aromatic nitrogens is 1. The van der Waals surface area contributed by atoms with Gasteiger partial charge in [-0.25, -0.2) is 4.98 Å². The van der Waals surface area contributed by atoms with Crippen LogP contribution in [0.1, 0.15) is 23.4 Å². The van der Waals surface area contributed by atoms with Crippen molar-refractivity contribution in [3.05, 3.63) is 38.8 Å². The molecule has 0 saturated carbocycles. The van der Waals surface area contributed by atoms with Gasteiger partial charge in [0.15, 0.2) is 11.7 Å². The van der Waals surface area contributed by atoms with Crippen LogP contribution in [0.25, 0.3) is 0 Å². The Labute approximate surface area is 154 Å². The summed E-state index contributed by atoms with van der Waals surface area (Å²) in [5, 5.41) is 4.32. The second kappa shape index (κ2) is 8.20. The summed E-state index contributed by atoms with van der Waals surface area (Å²) in [4.78, 5) is 17.7. The van der Waals surface area contributed by atoms with E-state index in [1.165, 1.54) is 17.7 Å². The van der Waals surface area contributed by atoms with E-state index in [1.54, 1.807) is 29.5 Å². The Bertz CT molecular complexity index is 683. The molecule has 1 aliphatic rings. The van der Waals surface area contributed by atoms with E-state index in [-0.39, 0.29) is 24.9 Å². The van der Waals surface area contributed by atoms with Crippen LogP contribution in [0.15, 0.2) is 18.2 Å². The lowest BCUT2D eigenvalue weighted by atomic mass is 10.0. The molecule has 0 saturated heterocycles. The summed E-state index contributed by atoms with van der Waals surface area (Å²) in [7, 11) is 0. The van der Waals surface area contributed by atoms with E-state index in [4.69, 9.17) is 27.9 Å². The molecule has 0 bridgehead atoms. The van der Waals surface area contributed by atoms with Crippen molar-refractivity contribution >= 4 is 58.0 Å². The Morgan fingerprint density at radius 3 is 2.83 bits per heavy atom. The van der Waals surface area contributed by atoms with Gasteiger partial charge in [0.25, 0.3) is 5.91 Å². The summed E-state index contributed by atoms with van der Waals surface area (Å²) in [6.07, 6.45) is 4.42. The highest BCUT2D eigenvalue weighted by molar-refractivity contribution is 7.15. The van der Waals surface area contributed by atoms with Crippen LogP contribution in [0.4, 0.5) is 5.13 Å². The molecule has 0 fully saturated rings. The summed E-state index contributed by atoms with van der Waals surface area (Å²) in [6.45, 7) is -0.119. The zero-order valence-corrected chi connectivity index (χ0v) is 15.2. The number of anilines is 1. The van der Waals surface area contributed by atoms with Crippen LogP contribution in [0.2, 0.25) is 10.0 Å². The molecule has 0 aliphatic heterocycles. The van der Waals surface area contributed by atoms with Crippen LogP contribution >= 0.6 is 46.9 Å². The molecule has 124 valence electrons. The third-order valence-electron chi connectivity index (χ3n) is 3.34. The fourth-order valence-electron chi connectivity index (χ4n) is 2.30. The first-order chi connectivity index (χ1) is 10.6. The van der Waals surface area contributed by atoms with Gasteiger partial charge in [-0.05, 0) is 43.9 Å². The van der Waals surface area contributed by atoms with Gasteiger partial charge < -0.3 is 4.74 Å². The van der Waals surface area contributed by atoms with Crippen molar-refractivity contribution < 1.29 is 9.53 Å². The molecule has 8 heteroatoms. The van der Waals surface area contributed by atoms with Crippen LogP contribution in [-0.4, -0.2) is 17.5 Å². The monoisotopic (exact) mass is 392 g/mol. The molecule has 1 heterocycles. The van der Waals surface area contributed by atoms with Crippen molar-refractivity contribution in [1.82, 2.24) is 4.98 Å². The molecule has 0 spiro atoms. The van der Waals surface area contributed by atoms with E-state index < -0.39 is 0 Å². The van der Waals surface area contributed by atoms with Crippen LogP contribution in [-0.2, 0) is 17.6 Å². The Hall–Kier alpha value is -1.01. The van der Waals surface area contributed by atoms with Crippen molar-refractivity contribution in [2.75, 3.05) is 11.9 Å². The highest BCUT2D eigenvalue weighted by Crippen LogP contribution is 2.30. The number of carbonyl (C=O) groups is 1. The molecule has 0 radical (unpaired) electrons. The number of nitrogens with one attached hydrogen (secondary N) is 1. The van der Waals surface area contributed by atoms with Gasteiger partial charge in [0, 0.05) is 9.90 Å². The number of carbonyl (C=O) groups excluding carboxylic acids is 1. The van der Waals surface area contributed by atoms with E-state index >= 15 is 0 Å². The van der Waals surface area contributed by atoms with Crippen molar-refractivity contribution in [2.24, 2.45) is 0 Å². The average molecular weight is 394 g/mol. The number of hydrogen-bond donors (Lipinski definition) is 1. The molecule has 1 aromatic carbocycles. The van der Waals surface area contributed by atoms with Crippen molar-refractivity contribution in [2.45, 2.75) is 25.7 Å².